The number of hydrazone groups is 1. The summed E-state index contributed by atoms with van der Waals surface area (Å²) in [6.45, 7) is 1.63. The summed E-state index contributed by atoms with van der Waals surface area (Å²) in [5.41, 5.74) is 8.69. The second-order valence-corrected chi connectivity index (χ2v) is 8.99. The molecule has 0 fully saturated rings. The average molecular weight is 437 g/mol. The Labute approximate surface area is 195 Å². The molecule has 3 aromatic rings. The quantitative estimate of drug-likeness (QED) is 0.571. The van der Waals surface area contributed by atoms with Crippen LogP contribution in [0.4, 0.5) is 28.4 Å². The van der Waals surface area contributed by atoms with E-state index in [4.69, 9.17) is 0 Å². The van der Waals surface area contributed by atoms with E-state index in [1.807, 2.05) is 13.4 Å². The summed E-state index contributed by atoms with van der Waals surface area (Å²) in [7, 11) is 4.15. The van der Waals surface area contributed by atoms with Crippen LogP contribution >= 0.6 is 0 Å². The molecule has 6 rings (SSSR count). The van der Waals surface area contributed by atoms with Crippen molar-refractivity contribution >= 4 is 34.8 Å². The molecule has 0 N–H and O–H groups in total. The van der Waals surface area contributed by atoms with Crippen molar-refractivity contribution < 1.29 is 0 Å². The first-order valence-corrected chi connectivity index (χ1v) is 11.4. The molecule has 166 valence electrons. The van der Waals surface area contributed by atoms with E-state index in [1.165, 1.54) is 33.9 Å². The molecule has 3 heterocycles. The van der Waals surface area contributed by atoms with Gasteiger partial charge >= 0.3 is 0 Å². The van der Waals surface area contributed by atoms with Gasteiger partial charge in [0.15, 0.2) is 0 Å². The highest BCUT2D eigenvalue weighted by Crippen LogP contribution is 2.44. The molecule has 3 aromatic carbocycles. The van der Waals surface area contributed by atoms with Crippen molar-refractivity contribution in [1.29, 1.82) is 0 Å². The van der Waals surface area contributed by atoms with E-state index in [1.54, 1.807) is 0 Å². The van der Waals surface area contributed by atoms with Gasteiger partial charge in [0, 0.05) is 43.6 Å². The number of hydrogen-bond acceptors (Lipinski definition) is 6. The lowest BCUT2D eigenvalue weighted by molar-refractivity contribution is 0.496. The van der Waals surface area contributed by atoms with E-state index < -0.39 is 0 Å². The van der Waals surface area contributed by atoms with Gasteiger partial charge < -0.3 is 19.6 Å². The minimum Gasteiger partial charge on any atom is -0.361 e. The smallest absolute Gasteiger partial charge is 0.113 e. The molecule has 33 heavy (non-hydrogen) atoms. The predicted molar refractivity (Wildman–Crippen MR) is 136 cm³/mol. The molecule has 0 atom stereocenters. The van der Waals surface area contributed by atoms with E-state index in [0.717, 1.165) is 31.9 Å². The van der Waals surface area contributed by atoms with E-state index in [-0.39, 0.29) is 0 Å². The highest BCUT2D eigenvalue weighted by molar-refractivity contribution is 5.84. The summed E-state index contributed by atoms with van der Waals surface area (Å²) < 4.78 is 0. The van der Waals surface area contributed by atoms with Crippen LogP contribution in [0.1, 0.15) is 11.1 Å². The van der Waals surface area contributed by atoms with Gasteiger partial charge in [0.1, 0.15) is 13.0 Å². The number of benzene rings is 3. The lowest BCUT2D eigenvalue weighted by atomic mass is 10.0. The molecule has 0 aromatic heterocycles. The molecule has 0 spiro atoms. The first kappa shape index (κ1) is 19.7. The van der Waals surface area contributed by atoms with Crippen molar-refractivity contribution in [1.82, 2.24) is 9.80 Å². The van der Waals surface area contributed by atoms with Gasteiger partial charge in [0.2, 0.25) is 0 Å². The fourth-order valence-corrected chi connectivity index (χ4v) is 4.84. The van der Waals surface area contributed by atoms with E-state index in [9.17, 15) is 0 Å². The Morgan fingerprint density at radius 2 is 1.48 bits per heavy atom. The van der Waals surface area contributed by atoms with Crippen LogP contribution in [-0.2, 0) is 12.8 Å². The Bertz CT molecular complexity index is 1250. The van der Waals surface area contributed by atoms with Crippen LogP contribution in [0.15, 0.2) is 84.2 Å². The molecule has 3 aliphatic heterocycles. The summed E-state index contributed by atoms with van der Waals surface area (Å²) in [6.07, 6.45) is 8.18. The van der Waals surface area contributed by atoms with Crippen LogP contribution in [0.5, 0.6) is 0 Å². The maximum Gasteiger partial charge on any atom is 0.113 e. The first-order chi connectivity index (χ1) is 16.2. The first-order valence-electron chi connectivity index (χ1n) is 11.4. The molecule has 0 saturated carbocycles. The van der Waals surface area contributed by atoms with E-state index >= 15 is 0 Å². The minimum atomic E-state index is 0.764. The largest absolute Gasteiger partial charge is 0.361 e. The monoisotopic (exact) mass is 436 g/mol. The maximum absolute atomic E-state index is 4.57. The van der Waals surface area contributed by atoms with Gasteiger partial charge in [-0.2, -0.15) is 5.10 Å². The molecular formula is C27H28N6. The average Bonchev–Trinajstić information content (AvgIpc) is 3.43. The molecule has 6 nitrogen and oxygen atoms in total. The molecule has 0 unspecified atom stereocenters. The molecule has 0 radical (unpaired) electrons. The third-order valence-electron chi connectivity index (χ3n) is 6.55. The Hall–Kier alpha value is -3.93. The summed E-state index contributed by atoms with van der Waals surface area (Å²) in [5, 5.41) is 6.62. The fourth-order valence-electron chi connectivity index (χ4n) is 4.84. The summed E-state index contributed by atoms with van der Waals surface area (Å²) in [6, 6.07) is 24.4. The van der Waals surface area contributed by atoms with Gasteiger partial charge in [0.05, 0.1) is 18.0 Å². The number of aryl methyl sites for hydroxylation is 2. The number of hydrogen-bond donors (Lipinski definition) is 0. The van der Waals surface area contributed by atoms with Crippen molar-refractivity contribution in [3.8, 4) is 0 Å². The number of nitrogens with zero attached hydrogens (tertiary/aromatic N) is 6. The summed E-state index contributed by atoms with van der Waals surface area (Å²) in [5.74, 6) is 0. The molecule has 3 aliphatic rings. The SMILES string of the molecule is CN1C=CN(c2cccc(N3c4ccccc4CCc4ccc(N5CN(C)C=N5)cc43)c2)C1. The summed E-state index contributed by atoms with van der Waals surface area (Å²) in [4.78, 5) is 8.98. The number of anilines is 5. The molecule has 0 aliphatic carbocycles. The predicted octanol–water partition coefficient (Wildman–Crippen LogP) is 5.09. The topological polar surface area (TPSA) is 28.6 Å². The summed E-state index contributed by atoms with van der Waals surface area (Å²) >= 11 is 0. The second kappa shape index (κ2) is 7.89. The third-order valence-corrected chi connectivity index (χ3v) is 6.55. The van der Waals surface area contributed by atoms with Crippen molar-refractivity contribution in [2.45, 2.75) is 12.8 Å². The number of rotatable bonds is 3. The van der Waals surface area contributed by atoms with Gasteiger partial charge in [-0.25, -0.2) is 5.01 Å². The molecule has 0 bridgehead atoms. The van der Waals surface area contributed by atoms with Gasteiger partial charge in [0.25, 0.3) is 0 Å². The standard InChI is InChI=1S/C27H28N6/c1-29-14-15-31(19-29)23-7-5-8-25(16-23)33-26-9-4-3-6-21(26)10-11-22-12-13-24(17-27(22)33)32-20-30(2)18-28-32/h3-9,12-18H,10-11,19-20H2,1-2H3. The number of para-hydroxylation sites is 1. The Kier molecular flexibility index (Phi) is 4.72. The van der Waals surface area contributed by atoms with Crippen LogP contribution in [0, 0.1) is 0 Å². The minimum absolute atomic E-state index is 0.764. The molecular weight excluding hydrogens is 408 g/mol. The Morgan fingerprint density at radius 1 is 0.667 bits per heavy atom. The van der Waals surface area contributed by atoms with Crippen molar-refractivity contribution in [2.75, 3.05) is 42.2 Å². The number of fused-ring (bicyclic) bond motifs is 2. The lowest BCUT2D eigenvalue weighted by Gasteiger charge is -2.29. The third kappa shape index (κ3) is 3.57. The van der Waals surface area contributed by atoms with Gasteiger partial charge in [-0.05, 0) is 60.4 Å². The van der Waals surface area contributed by atoms with Crippen LogP contribution in [0.3, 0.4) is 0 Å². The highest BCUT2D eigenvalue weighted by atomic mass is 15.6. The fraction of sp³-hybridized carbons (Fsp3) is 0.222. The molecule has 0 amide bonds. The Morgan fingerprint density at radius 3 is 2.27 bits per heavy atom. The Balaban J connectivity index is 1.48. The van der Waals surface area contributed by atoms with Crippen LogP contribution in [0.2, 0.25) is 0 Å². The van der Waals surface area contributed by atoms with Gasteiger partial charge in [-0.15, -0.1) is 0 Å². The zero-order valence-corrected chi connectivity index (χ0v) is 19.1. The van der Waals surface area contributed by atoms with Crippen molar-refractivity contribution in [3.63, 3.8) is 0 Å². The van der Waals surface area contributed by atoms with Crippen molar-refractivity contribution in [2.24, 2.45) is 5.10 Å². The highest BCUT2D eigenvalue weighted by Gasteiger charge is 2.24. The molecule has 6 heteroatoms. The molecule has 0 saturated heterocycles. The van der Waals surface area contributed by atoms with Crippen LogP contribution in [0.25, 0.3) is 0 Å². The zero-order chi connectivity index (χ0) is 22.4. The van der Waals surface area contributed by atoms with E-state index in [2.05, 4.69) is 116 Å². The normalized spacial score (nSPS) is 17.0. The van der Waals surface area contributed by atoms with Gasteiger partial charge in [-0.3, -0.25) is 0 Å². The van der Waals surface area contributed by atoms with Crippen LogP contribution < -0.4 is 14.8 Å². The van der Waals surface area contributed by atoms with Crippen LogP contribution in [-0.4, -0.2) is 43.6 Å². The van der Waals surface area contributed by atoms with Crippen molar-refractivity contribution in [3.05, 3.63) is 90.3 Å². The lowest BCUT2D eigenvalue weighted by Crippen LogP contribution is -2.23. The maximum atomic E-state index is 4.57. The second-order valence-electron chi connectivity index (χ2n) is 8.99. The van der Waals surface area contributed by atoms with E-state index in [0.29, 0.717) is 0 Å². The zero-order valence-electron chi connectivity index (χ0n) is 19.1. The van der Waals surface area contributed by atoms with Gasteiger partial charge in [-0.1, -0.05) is 30.3 Å².